The Bertz CT molecular complexity index is 1410. The lowest BCUT2D eigenvalue weighted by molar-refractivity contribution is 0.457. The Morgan fingerprint density at radius 3 is 2.52 bits per heavy atom. The van der Waals surface area contributed by atoms with Crippen molar-refractivity contribution in [2.24, 2.45) is 11.8 Å². The van der Waals surface area contributed by atoms with Gasteiger partial charge in [0.2, 0.25) is 0 Å². The monoisotopic (exact) mass is 574 g/mol. The summed E-state index contributed by atoms with van der Waals surface area (Å²) in [4.78, 5) is 0. The van der Waals surface area contributed by atoms with Crippen molar-refractivity contribution < 1.29 is 0 Å². The van der Waals surface area contributed by atoms with Crippen molar-refractivity contribution in [2.45, 2.75) is 116 Å². The minimum atomic E-state index is 0.295. The van der Waals surface area contributed by atoms with E-state index in [0.29, 0.717) is 11.3 Å². The van der Waals surface area contributed by atoms with Crippen LogP contribution in [0.5, 0.6) is 0 Å². The van der Waals surface area contributed by atoms with E-state index in [1.54, 1.807) is 38.4 Å². The Kier molecular flexibility index (Phi) is 9.51. The van der Waals surface area contributed by atoms with E-state index in [2.05, 4.69) is 93.6 Å². The van der Waals surface area contributed by atoms with Gasteiger partial charge in [0.15, 0.2) is 0 Å². The van der Waals surface area contributed by atoms with Crippen LogP contribution < -0.4 is 5.30 Å². The molecule has 1 heteroatoms. The maximum atomic E-state index is 2.64. The van der Waals surface area contributed by atoms with E-state index in [4.69, 9.17) is 0 Å². The lowest BCUT2D eigenvalue weighted by Crippen LogP contribution is -2.14. The van der Waals surface area contributed by atoms with Crippen LogP contribution in [-0.2, 0) is 24.7 Å². The zero-order valence-corrected chi connectivity index (χ0v) is 27.3. The normalized spacial score (nSPS) is 21.9. The minimum absolute atomic E-state index is 0.295. The van der Waals surface area contributed by atoms with E-state index in [0.717, 1.165) is 25.2 Å². The third-order valence-corrected chi connectivity index (χ3v) is 11.9. The van der Waals surface area contributed by atoms with Gasteiger partial charge in [-0.1, -0.05) is 133 Å². The molecule has 0 amide bonds. The highest BCUT2D eigenvalue weighted by Gasteiger charge is 2.46. The van der Waals surface area contributed by atoms with Crippen LogP contribution >= 0.6 is 8.20 Å². The van der Waals surface area contributed by atoms with E-state index in [-0.39, 0.29) is 0 Å². The number of fused-ring (bicyclic) bond motifs is 5. The molecular weight excluding hydrogens is 523 g/mol. The maximum Gasteiger partial charge on any atom is 0.0163 e. The molecule has 2 aromatic carbocycles. The highest BCUT2D eigenvalue weighted by molar-refractivity contribution is 7.49. The van der Waals surface area contributed by atoms with E-state index >= 15 is 0 Å². The van der Waals surface area contributed by atoms with Gasteiger partial charge in [-0.3, -0.25) is 0 Å². The molecule has 0 saturated heterocycles. The summed E-state index contributed by atoms with van der Waals surface area (Å²) < 4.78 is 0. The van der Waals surface area contributed by atoms with Crippen molar-refractivity contribution in [2.75, 3.05) is 0 Å². The zero-order chi connectivity index (χ0) is 28.9. The Morgan fingerprint density at radius 2 is 1.74 bits per heavy atom. The number of allylic oxidation sites excluding steroid dienone is 8. The highest BCUT2D eigenvalue weighted by atomic mass is 31.1. The average Bonchev–Trinajstić information content (AvgIpc) is 3.83. The first-order chi connectivity index (χ1) is 20.6. The molecule has 0 radical (unpaired) electrons. The van der Waals surface area contributed by atoms with Crippen molar-refractivity contribution in [1.82, 2.24) is 0 Å². The molecule has 3 aliphatic carbocycles. The second-order valence-corrected chi connectivity index (χ2v) is 14.8. The number of hydrogen-bond donors (Lipinski definition) is 0. The molecule has 1 aliphatic heterocycles. The second kappa shape index (κ2) is 13.5. The van der Waals surface area contributed by atoms with Crippen molar-refractivity contribution >= 4 is 18.8 Å². The minimum Gasteiger partial charge on any atom is -0.0806 e. The first kappa shape index (κ1) is 29.6. The van der Waals surface area contributed by atoms with Gasteiger partial charge in [0.1, 0.15) is 0 Å². The zero-order valence-electron chi connectivity index (χ0n) is 26.4. The SMILES string of the molecule is CCCCC(C)CCCc1ccc(C2(C3=CCC=C4C=CC5=Pc6cccc(CC)c6CC(C5)C4=CCC3)CC2)cc1. The van der Waals surface area contributed by atoms with E-state index in [1.165, 1.54) is 90.0 Å². The van der Waals surface area contributed by atoms with Gasteiger partial charge in [-0.15, -0.1) is 0 Å². The van der Waals surface area contributed by atoms with Crippen LogP contribution in [0.15, 0.2) is 89.6 Å². The molecule has 2 unspecified atom stereocenters. The van der Waals surface area contributed by atoms with Gasteiger partial charge in [-0.2, -0.15) is 0 Å². The third kappa shape index (κ3) is 6.55. The molecule has 0 N–H and O–H groups in total. The first-order valence-electron chi connectivity index (χ1n) is 17.2. The first-order valence-corrected chi connectivity index (χ1v) is 18.0. The van der Waals surface area contributed by atoms with Crippen LogP contribution in [0.4, 0.5) is 0 Å². The molecule has 1 heterocycles. The van der Waals surface area contributed by atoms with E-state index in [9.17, 15) is 0 Å². The molecular formula is C41H51P. The van der Waals surface area contributed by atoms with Gasteiger partial charge >= 0.3 is 0 Å². The number of unbranched alkanes of at least 4 members (excludes halogenated alkanes) is 1. The summed E-state index contributed by atoms with van der Waals surface area (Å²) >= 11 is 0. The molecule has 0 aromatic heterocycles. The summed E-state index contributed by atoms with van der Waals surface area (Å²) in [5.74, 6) is 1.47. The fourth-order valence-electron chi connectivity index (χ4n) is 7.89. The Morgan fingerprint density at radius 1 is 0.905 bits per heavy atom. The summed E-state index contributed by atoms with van der Waals surface area (Å²) in [7, 11) is 1.42. The van der Waals surface area contributed by atoms with Gasteiger partial charge in [-0.05, 0) is 115 Å². The van der Waals surface area contributed by atoms with Crippen LogP contribution in [0.1, 0.15) is 114 Å². The molecule has 2 atom stereocenters. The summed E-state index contributed by atoms with van der Waals surface area (Å²) in [6, 6.07) is 16.8. The van der Waals surface area contributed by atoms with Crippen LogP contribution in [0.2, 0.25) is 0 Å². The molecule has 2 aromatic rings. The van der Waals surface area contributed by atoms with Gasteiger partial charge < -0.3 is 0 Å². The lowest BCUT2D eigenvalue weighted by atomic mass is 9.82. The van der Waals surface area contributed by atoms with Crippen molar-refractivity contribution in [1.29, 1.82) is 0 Å². The molecule has 4 aliphatic rings. The second-order valence-electron chi connectivity index (χ2n) is 13.6. The van der Waals surface area contributed by atoms with Crippen LogP contribution in [0.25, 0.3) is 0 Å². The molecule has 42 heavy (non-hydrogen) atoms. The number of rotatable bonds is 10. The largest absolute Gasteiger partial charge is 0.0806 e. The number of hydrogen-bond acceptors (Lipinski definition) is 0. The Labute approximate surface area is 257 Å². The highest BCUT2D eigenvalue weighted by Crippen LogP contribution is 2.55. The topological polar surface area (TPSA) is 0 Å². The van der Waals surface area contributed by atoms with Gasteiger partial charge in [0, 0.05) is 10.7 Å². The van der Waals surface area contributed by atoms with E-state index in [1.807, 2.05) is 0 Å². The van der Waals surface area contributed by atoms with E-state index < -0.39 is 0 Å². The summed E-state index contributed by atoms with van der Waals surface area (Å²) in [5, 5.41) is 3.13. The predicted molar refractivity (Wildman–Crippen MR) is 185 cm³/mol. The third-order valence-electron chi connectivity index (χ3n) is 10.6. The van der Waals surface area contributed by atoms with Crippen molar-refractivity contribution in [3.05, 3.63) is 112 Å². The summed E-state index contributed by atoms with van der Waals surface area (Å²) in [6.45, 7) is 7.06. The Balaban J connectivity index is 1.16. The maximum absolute atomic E-state index is 2.64. The van der Waals surface area contributed by atoms with Crippen LogP contribution in [-0.4, -0.2) is 5.29 Å². The molecule has 6 rings (SSSR count). The van der Waals surface area contributed by atoms with Crippen molar-refractivity contribution in [3.63, 3.8) is 0 Å². The fraction of sp³-hybridized carbons (Fsp3) is 0.488. The van der Waals surface area contributed by atoms with Gasteiger partial charge in [0.25, 0.3) is 0 Å². The molecule has 220 valence electrons. The standard InChI is InChI=1S/C41H51P/c1-4-6-11-30(3)12-7-13-31-20-23-36(24-21-31)41(26-27-41)35-16-8-15-33-22-25-37-28-34(38(33)18-10-17-35)29-39-32(5-2)14-9-19-40(39)42-37/h9,14-16,18-25,30,34H,4-8,10-13,17,26-29H2,1-3H3. The molecule has 1 fully saturated rings. The van der Waals surface area contributed by atoms with Gasteiger partial charge in [0.05, 0.1) is 0 Å². The lowest BCUT2D eigenvalue weighted by Gasteiger charge is -2.22. The fourth-order valence-corrected chi connectivity index (χ4v) is 9.19. The Hall–Kier alpha value is -2.43. The van der Waals surface area contributed by atoms with Crippen LogP contribution in [0.3, 0.4) is 0 Å². The average molecular weight is 575 g/mol. The smallest absolute Gasteiger partial charge is 0.0163 e. The quantitative estimate of drug-likeness (QED) is 0.196. The molecule has 1 saturated carbocycles. The summed E-state index contributed by atoms with van der Waals surface area (Å²) in [5.41, 5.74) is 11.4. The molecule has 2 bridgehead atoms. The molecule has 0 spiro atoms. The van der Waals surface area contributed by atoms with Gasteiger partial charge in [-0.25, -0.2) is 0 Å². The summed E-state index contributed by atoms with van der Waals surface area (Å²) in [6.07, 6.45) is 30.3. The van der Waals surface area contributed by atoms with Crippen LogP contribution in [0, 0.1) is 11.8 Å². The molecule has 0 nitrogen and oxygen atoms in total. The number of aryl methyl sites for hydroxylation is 2. The predicted octanol–water partition coefficient (Wildman–Crippen LogP) is 11.0. The van der Waals surface area contributed by atoms with Crippen molar-refractivity contribution in [3.8, 4) is 0 Å². The number of benzene rings is 2.